The number of aromatic carboxylic acids is 1. The van der Waals surface area contributed by atoms with Crippen molar-refractivity contribution in [3.63, 3.8) is 0 Å². The fourth-order valence-electron chi connectivity index (χ4n) is 2.49. The van der Waals surface area contributed by atoms with Crippen molar-refractivity contribution in [3.05, 3.63) is 23.7 Å². The largest absolute Gasteiger partial charge is 0.478 e. The molecule has 0 saturated heterocycles. The first-order chi connectivity index (χ1) is 8.58. The first kappa shape index (κ1) is 13.1. The minimum absolute atomic E-state index is 0.201. The first-order valence-corrected chi connectivity index (χ1v) is 6.49. The number of furan rings is 1. The van der Waals surface area contributed by atoms with Gasteiger partial charge >= 0.3 is 5.97 Å². The van der Waals surface area contributed by atoms with Crippen molar-refractivity contribution in [1.82, 2.24) is 0 Å². The summed E-state index contributed by atoms with van der Waals surface area (Å²) in [5, 5.41) is 8.95. The number of hydrogen-bond donors (Lipinski definition) is 1. The highest BCUT2D eigenvalue weighted by Crippen LogP contribution is 2.31. The molecule has 1 fully saturated rings. The number of hydrogen-bond acceptors (Lipinski definition) is 3. The summed E-state index contributed by atoms with van der Waals surface area (Å²) in [6.07, 6.45) is 4.89. The number of carbonyl (C=O) groups is 1. The fourth-order valence-corrected chi connectivity index (χ4v) is 2.49. The predicted molar refractivity (Wildman–Crippen MR) is 66.4 cm³/mol. The van der Waals surface area contributed by atoms with Crippen LogP contribution in [0, 0.1) is 11.8 Å². The second kappa shape index (κ2) is 5.57. The van der Waals surface area contributed by atoms with Crippen LogP contribution in [-0.2, 0) is 11.3 Å². The molecule has 0 spiro atoms. The van der Waals surface area contributed by atoms with Gasteiger partial charge in [0.25, 0.3) is 0 Å². The number of ether oxygens (including phenoxy) is 1. The maximum absolute atomic E-state index is 10.9. The van der Waals surface area contributed by atoms with Crippen LogP contribution < -0.4 is 0 Å². The molecule has 3 unspecified atom stereocenters. The van der Waals surface area contributed by atoms with Gasteiger partial charge in [0.05, 0.1) is 12.4 Å². The van der Waals surface area contributed by atoms with E-state index < -0.39 is 5.97 Å². The lowest BCUT2D eigenvalue weighted by Crippen LogP contribution is -2.26. The number of carboxylic acids is 1. The number of rotatable bonds is 4. The Morgan fingerprint density at radius 2 is 2.22 bits per heavy atom. The van der Waals surface area contributed by atoms with Crippen molar-refractivity contribution in [2.24, 2.45) is 11.8 Å². The molecule has 1 aliphatic rings. The molecule has 2 rings (SSSR count). The molecular formula is C14H20O4. The van der Waals surface area contributed by atoms with Gasteiger partial charge in [-0.05, 0) is 37.2 Å². The summed E-state index contributed by atoms with van der Waals surface area (Å²) >= 11 is 0. The molecule has 1 aromatic rings. The zero-order valence-electron chi connectivity index (χ0n) is 10.9. The number of carboxylic acid groups (broad SMARTS) is 1. The molecule has 4 nitrogen and oxygen atoms in total. The van der Waals surface area contributed by atoms with Crippen molar-refractivity contribution in [3.8, 4) is 0 Å². The van der Waals surface area contributed by atoms with Gasteiger partial charge in [-0.2, -0.15) is 0 Å². The highest BCUT2D eigenvalue weighted by atomic mass is 16.5. The average Bonchev–Trinajstić information content (AvgIpc) is 2.79. The zero-order valence-corrected chi connectivity index (χ0v) is 10.9. The smallest absolute Gasteiger partial charge is 0.339 e. The molecule has 0 radical (unpaired) electrons. The molecule has 18 heavy (non-hydrogen) atoms. The third kappa shape index (κ3) is 2.93. The molecule has 1 N–H and O–H groups in total. The topological polar surface area (TPSA) is 59.7 Å². The van der Waals surface area contributed by atoms with Gasteiger partial charge in [0.15, 0.2) is 0 Å². The highest BCUT2D eigenvalue weighted by molar-refractivity contribution is 5.88. The summed E-state index contributed by atoms with van der Waals surface area (Å²) in [7, 11) is 0. The van der Waals surface area contributed by atoms with Gasteiger partial charge in [-0.25, -0.2) is 4.79 Å². The van der Waals surface area contributed by atoms with Crippen LogP contribution in [0.25, 0.3) is 0 Å². The fraction of sp³-hybridized carbons (Fsp3) is 0.643. The SMILES string of the molecule is CC1CCC(OCc2occc2C(=O)O)CC1C. The van der Waals surface area contributed by atoms with Crippen LogP contribution in [0.15, 0.2) is 16.7 Å². The van der Waals surface area contributed by atoms with Crippen LogP contribution in [0.1, 0.15) is 49.2 Å². The molecule has 1 saturated carbocycles. The first-order valence-electron chi connectivity index (χ1n) is 6.49. The van der Waals surface area contributed by atoms with E-state index in [1.165, 1.54) is 18.8 Å². The lowest BCUT2D eigenvalue weighted by atomic mass is 9.80. The van der Waals surface area contributed by atoms with Crippen molar-refractivity contribution in [2.75, 3.05) is 0 Å². The molecule has 3 atom stereocenters. The summed E-state index contributed by atoms with van der Waals surface area (Å²) in [5.41, 5.74) is 0.201. The Morgan fingerprint density at radius 3 is 2.89 bits per heavy atom. The van der Waals surface area contributed by atoms with Crippen molar-refractivity contribution < 1.29 is 19.1 Å². The van der Waals surface area contributed by atoms with E-state index in [9.17, 15) is 4.79 Å². The van der Waals surface area contributed by atoms with Crippen LogP contribution in [0.2, 0.25) is 0 Å². The molecule has 0 aromatic carbocycles. The lowest BCUT2D eigenvalue weighted by Gasteiger charge is -2.31. The molecular weight excluding hydrogens is 232 g/mol. The molecule has 1 aliphatic carbocycles. The van der Waals surface area contributed by atoms with E-state index in [2.05, 4.69) is 13.8 Å². The highest BCUT2D eigenvalue weighted by Gasteiger charge is 2.25. The quantitative estimate of drug-likeness (QED) is 0.893. The van der Waals surface area contributed by atoms with E-state index in [-0.39, 0.29) is 18.3 Å². The van der Waals surface area contributed by atoms with Gasteiger partial charge in [0.1, 0.15) is 17.9 Å². The molecule has 0 bridgehead atoms. The van der Waals surface area contributed by atoms with Crippen molar-refractivity contribution in [1.29, 1.82) is 0 Å². The van der Waals surface area contributed by atoms with E-state index in [1.54, 1.807) is 0 Å². The molecule has 100 valence electrons. The normalized spacial score (nSPS) is 28.2. The third-order valence-corrected chi connectivity index (χ3v) is 3.98. The van der Waals surface area contributed by atoms with Gasteiger partial charge in [0, 0.05) is 0 Å². The van der Waals surface area contributed by atoms with E-state index in [0.717, 1.165) is 18.8 Å². The third-order valence-electron chi connectivity index (χ3n) is 3.98. The second-order valence-electron chi connectivity index (χ2n) is 5.26. The van der Waals surface area contributed by atoms with Gasteiger partial charge < -0.3 is 14.3 Å². The summed E-state index contributed by atoms with van der Waals surface area (Å²) in [6, 6.07) is 1.46. The Bertz CT molecular complexity index is 410. The zero-order chi connectivity index (χ0) is 13.1. The summed E-state index contributed by atoms with van der Waals surface area (Å²) < 4.78 is 10.9. The Hall–Kier alpha value is -1.29. The minimum atomic E-state index is -0.965. The molecule has 1 aromatic heterocycles. The van der Waals surface area contributed by atoms with Crippen LogP contribution in [-0.4, -0.2) is 17.2 Å². The summed E-state index contributed by atoms with van der Waals surface area (Å²) in [4.78, 5) is 10.9. The summed E-state index contributed by atoms with van der Waals surface area (Å²) in [5.74, 6) is 0.865. The van der Waals surface area contributed by atoms with Crippen molar-refractivity contribution in [2.45, 2.75) is 45.8 Å². The minimum Gasteiger partial charge on any atom is -0.478 e. The molecule has 0 amide bonds. The maximum atomic E-state index is 10.9. The monoisotopic (exact) mass is 252 g/mol. The predicted octanol–water partition coefficient (Wildman–Crippen LogP) is 3.32. The average molecular weight is 252 g/mol. The van der Waals surface area contributed by atoms with E-state index in [4.69, 9.17) is 14.3 Å². The van der Waals surface area contributed by atoms with Gasteiger partial charge in [-0.1, -0.05) is 13.8 Å². The van der Waals surface area contributed by atoms with E-state index in [0.29, 0.717) is 11.7 Å². The van der Waals surface area contributed by atoms with Gasteiger partial charge in [0.2, 0.25) is 0 Å². The van der Waals surface area contributed by atoms with Crippen LogP contribution in [0.4, 0.5) is 0 Å². The van der Waals surface area contributed by atoms with Gasteiger partial charge in [-0.3, -0.25) is 0 Å². The molecule has 4 heteroatoms. The van der Waals surface area contributed by atoms with Crippen molar-refractivity contribution >= 4 is 5.97 Å². The maximum Gasteiger partial charge on any atom is 0.339 e. The lowest BCUT2D eigenvalue weighted by molar-refractivity contribution is -0.0144. The van der Waals surface area contributed by atoms with E-state index in [1.807, 2.05) is 0 Å². The van der Waals surface area contributed by atoms with Crippen LogP contribution in [0.5, 0.6) is 0 Å². The van der Waals surface area contributed by atoms with Gasteiger partial charge in [-0.15, -0.1) is 0 Å². The molecule has 0 aliphatic heterocycles. The van der Waals surface area contributed by atoms with E-state index >= 15 is 0 Å². The summed E-state index contributed by atoms with van der Waals surface area (Å²) in [6.45, 7) is 4.77. The van der Waals surface area contributed by atoms with Crippen LogP contribution >= 0.6 is 0 Å². The Balaban J connectivity index is 1.88. The molecule has 1 heterocycles. The Labute approximate surface area is 107 Å². The standard InChI is InChI=1S/C14H20O4/c1-9-3-4-11(7-10(9)2)18-8-13-12(14(15)16)5-6-17-13/h5-6,9-11H,3-4,7-8H2,1-2H3,(H,15,16). The Morgan fingerprint density at radius 1 is 1.44 bits per heavy atom. The second-order valence-corrected chi connectivity index (χ2v) is 5.26. The van der Waals surface area contributed by atoms with Crippen LogP contribution in [0.3, 0.4) is 0 Å². The Kier molecular flexibility index (Phi) is 4.07.